The van der Waals surface area contributed by atoms with Gasteiger partial charge in [0.05, 0.1) is 17.4 Å². The smallest absolute Gasteiger partial charge is 0.305 e. The van der Waals surface area contributed by atoms with Gasteiger partial charge < -0.3 is 5.11 Å². The molecule has 0 amide bonds. The van der Waals surface area contributed by atoms with Gasteiger partial charge in [0.25, 0.3) is 5.69 Å². The number of carboxylic acids is 1. The third kappa shape index (κ3) is 2.26. The average molecular weight is 250 g/mol. The maximum absolute atomic E-state index is 10.6. The molecule has 2 aromatic rings. The Morgan fingerprint density at radius 1 is 1.50 bits per heavy atom. The number of non-ortho nitro benzene ring substituents is 1. The van der Waals surface area contributed by atoms with Crippen molar-refractivity contribution in [2.24, 2.45) is 0 Å². The van der Waals surface area contributed by atoms with Gasteiger partial charge in [-0.1, -0.05) is 0 Å². The van der Waals surface area contributed by atoms with Crippen LogP contribution in [0.2, 0.25) is 0 Å². The summed E-state index contributed by atoms with van der Waals surface area (Å²) in [5, 5.41) is 27.4. The predicted octanol–water partition coefficient (Wildman–Crippen LogP) is 1.38. The van der Waals surface area contributed by atoms with E-state index in [0.717, 1.165) is 0 Å². The molecule has 0 spiro atoms. The highest BCUT2D eigenvalue weighted by Crippen LogP contribution is 2.19. The van der Waals surface area contributed by atoms with Crippen LogP contribution in [0.4, 0.5) is 5.69 Å². The van der Waals surface area contributed by atoms with Crippen molar-refractivity contribution < 1.29 is 14.8 Å². The maximum atomic E-state index is 10.6. The van der Waals surface area contributed by atoms with Crippen LogP contribution in [-0.2, 0) is 4.79 Å². The van der Waals surface area contributed by atoms with Gasteiger partial charge in [-0.15, -0.1) is 0 Å². The molecule has 18 heavy (non-hydrogen) atoms. The number of benzene rings is 1. The summed E-state index contributed by atoms with van der Waals surface area (Å²) in [7, 11) is 0. The first kappa shape index (κ1) is 12.0. The van der Waals surface area contributed by atoms with Crippen molar-refractivity contribution in [3.8, 4) is 0 Å². The van der Waals surface area contributed by atoms with E-state index in [1.807, 2.05) is 0 Å². The highest BCUT2D eigenvalue weighted by molar-refractivity contribution is 5.76. The summed E-state index contributed by atoms with van der Waals surface area (Å²) >= 11 is 0. The van der Waals surface area contributed by atoms with Crippen LogP contribution in [-0.4, -0.2) is 31.0 Å². The van der Waals surface area contributed by atoms with E-state index in [0.29, 0.717) is 11.0 Å². The van der Waals surface area contributed by atoms with Crippen molar-refractivity contribution in [2.75, 3.05) is 0 Å². The van der Waals surface area contributed by atoms with Crippen LogP contribution in [0.1, 0.15) is 19.4 Å². The fourth-order valence-corrected chi connectivity index (χ4v) is 1.56. The molecule has 0 aliphatic rings. The molecule has 1 heterocycles. The molecular formula is C10H10N4O4. The van der Waals surface area contributed by atoms with E-state index in [9.17, 15) is 14.9 Å². The van der Waals surface area contributed by atoms with E-state index < -0.39 is 16.9 Å². The van der Waals surface area contributed by atoms with Gasteiger partial charge in [0.2, 0.25) is 0 Å². The molecule has 1 atom stereocenters. The van der Waals surface area contributed by atoms with Gasteiger partial charge in [-0.3, -0.25) is 14.9 Å². The predicted molar refractivity (Wildman–Crippen MR) is 61.1 cm³/mol. The second-order valence-corrected chi connectivity index (χ2v) is 3.90. The fourth-order valence-electron chi connectivity index (χ4n) is 1.56. The normalized spacial score (nSPS) is 12.5. The molecule has 0 aliphatic carbocycles. The van der Waals surface area contributed by atoms with E-state index >= 15 is 0 Å². The van der Waals surface area contributed by atoms with Crippen molar-refractivity contribution >= 4 is 22.7 Å². The Labute approximate surface area is 101 Å². The highest BCUT2D eigenvalue weighted by atomic mass is 16.6. The zero-order valence-corrected chi connectivity index (χ0v) is 9.48. The number of aromatic nitrogens is 3. The second kappa shape index (κ2) is 4.40. The summed E-state index contributed by atoms with van der Waals surface area (Å²) in [6.07, 6.45) is -0.108. The van der Waals surface area contributed by atoms with E-state index in [1.165, 1.54) is 23.0 Å². The van der Waals surface area contributed by atoms with Gasteiger partial charge >= 0.3 is 5.97 Å². The Morgan fingerprint density at radius 2 is 2.17 bits per heavy atom. The van der Waals surface area contributed by atoms with Gasteiger partial charge in [-0.25, -0.2) is 0 Å². The lowest BCUT2D eigenvalue weighted by molar-refractivity contribution is -0.384. The molecule has 0 saturated heterocycles. The Kier molecular flexibility index (Phi) is 2.92. The third-order valence-electron chi connectivity index (χ3n) is 2.45. The topological polar surface area (TPSA) is 111 Å². The first-order chi connectivity index (χ1) is 8.47. The lowest BCUT2D eigenvalue weighted by Gasteiger charge is -2.05. The molecule has 0 radical (unpaired) electrons. The first-order valence-electron chi connectivity index (χ1n) is 5.20. The number of aliphatic carboxylic acids is 1. The van der Waals surface area contributed by atoms with Crippen molar-refractivity contribution in [1.29, 1.82) is 0 Å². The summed E-state index contributed by atoms with van der Waals surface area (Å²) in [5.74, 6) is -0.949. The Balaban J connectivity index is 2.38. The summed E-state index contributed by atoms with van der Waals surface area (Å²) in [4.78, 5) is 21.9. The number of rotatable bonds is 4. The molecule has 0 bridgehead atoms. The van der Waals surface area contributed by atoms with Gasteiger partial charge in [0.15, 0.2) is 0 Å². The van der Waals surface area contributed by atoms with Crippen LogP contribution in [0.3, 0.4) is 0 Å². The van der Waals surface area contributed by atoms with E-state index in [2.05, 4.69) is 10.2 Å². The summed E-state index contributed by atoms with van der Waals surface area (Å²) in [5.41, 5.74) is 0.805. The molecule has 0 aliphatic heterocycles. The zero-order valence-electron chi connectivity index (χ0n) is 9.48. The minimum Gasteiger partial charge on any atom is -0.481 e. The largest absolute Gasteiger partial charge is 0.481 e. The fraction of sp³-hybridized carbons (Fsp3) is 0.300. The van der Waals surface area contributed by atoms with Crippen molar-refractivity contribution in [3.63, 3.8) is 0 Å². The van der Waals surface area contributed by atoms with Gasteiger partial charge in [0.1, 0.15) is 11.0 Å². The highest BCUT2D eigenvalue weighted by Gasteiger charge is 2.15. The minimum atomic E-state index is -0.949. The molecule has 1 aromatic carbocycles. The average Bonchev–Trinajstić information content (AvgIpc) is 2.70. The van der Waals surface area contributed by atoms with Crippen LogP contribution in [0, 0.1) is 10.1 Å². The number of hydrogen-bond donors (Lipinski definition) is 1. The summed E-state index contributed by atoms with van der Waals surface area (Å²) < 4.78 is 0. The number of hydrogen-bond acceptors (Lipinski definition) is 5. The number of nitrogens with zero attached hydrogens (tertiary/aromatic N) is 4. The lowest BCUT2D eigenvalue weighted by Crippen LogP contribution is -2.13. The molecular weight excluding hydrogens is 240 g/mol. The first-order valence-corrected chi connectivity index (χ1v) is 5.20. The summed E-state index contributed by atoms with van der Waals surface area (Å²) in [6, 6.07) is 3.73. The molecule has 8 heteroatoms. The monoisotopic (exact) mass is 250 g/mol. The molecule has 1 N–H and O–H groups in total. The molecule has 0 unspecified atom stereocenters. The van der Waals surface area contributed by atoms with Crippen LogP contribution in [0.5, 0.6) is 0 Å². The van der Waals surface area contributed by atoms with Crippen molar-refractivity contribution in [3.05, 3.63) is 28.3 Å². The van der Waals surface area contributed by atoms with Gasteiger partial charge in [-0.05, 0) is 13.0 Å². The molecule has 94 valence electrons. The minimum absolute atomic E-state index is 0.0690. The number of fused-ring (bicyclic) bond motifs is 1. The zero-order chi connectivity index (χ0) is 13.3. The lowest BCUT2D eigenvalue weighted by atomic mass is 10.2. The molecule has 0 fully saturated rings. The number of nitro groups is 1. The molecule has 2 rings (SSSR count). The van der Waals surface area contributed by atoms with Crippen LogP contribution >= 0.6 is 0 Å². The number of carbonyl (C=O) groups is 1. The van der Waals surface area contributed by atoms with Gasteiger partial charge in [-0.2, -0.15) is 15.0 Å². The van der Waals surface area contributed by atoms with Crippen LogP contribution < -0.4 is 0 Å². The molecule has 1 aromatic heterocycles. The van der Waals surface area contributed by atoms with Crippen molar-refractivity contribution in [1.82, 2.24) is 15.0 Å². The standard InChI is InChI=1S/C10H10N4O4/c1-6(4-10(15)16)13-11-8-3-2-7(14(17)18)5-9(8)12-13/h2-3,5-6H,4H2,1H3,(H,15,16)/t6-/m0/s1. The summed E-state index contributed by atoms with van der Waals surface area (Å²) in [6.45, 7) is 1.67. The molecule has 8 nitrogen and oxygen atoms in total. The van der Waals surface area contributed by atoms with Crippen LogP contribution in [0.15, 0.2) is 18.2 Å². The SMILES string of the molecule is C[C@@H](CC(=O)O)n1nc2ccc([N+](=O)[O-])cc2n1. The maximum Gasteiger partial charge on any atom is 0.305 e. The quantitative estimate of drug-likeness (QED) is 0.648. The molecule has 0 saturated carbocycles. The Hall–Kier alpha value is -2.51. The Bertz CT molecular complexity index is 621. The van der Waals surface area contributed by atoms with E-state index in [-0.39, 0.29) is 12.1 Å². The number of carboxylic acid groups (broad SMARTS) is 1. The van der Waals surface area contributed by atoms with E-state index in [1.54, 1.807) is 6.92 Å². The van der Waals surface area contributed by atoms with Gasteiger partial charge in [0, 0.05) is 12.1 Å². The van der Waals surface area contributed by atoms with Crippen molar-refractivity contribution in [2.45, 2.75) is 19.4 Å². The third-order valence-corrected chi connectivity index (χ3v) is 2.45. The second-order valence-electron chi connectivity index (χ2n) is 3.90. The Morgan fingerprint density at radius 3 is 2.78 bits per heavy atom. The number of nitro benzene ring substituents is 1. The van der Waals surface area contributed by atoms with Crippen LogP contribution in [0.25, 0.3) is 11.0 Å². The van der Waals surface area contributed by atoms with E-state index in [4.69, 9.17) is 5.11 Å².